The van der Waals surface area contributed by atoms with Crippen LogP contribution in [-0.4, -0.2) is 4.40 Å². The molecule has 0 radical (unpaired) electrons. The third-order valence-electron chi connectivity index (χ3n) is 13.5. The summed E-state index contributed by atoms with van der Waals surface area (Å²) in [5.74, 6) is 1.93. The van der Waals surface area contributed by atoms with E-state index >= 15 is 0 Å². The van der Waals surface area contributed by atoms with E-state index < -0.39 is 0 Å². The average Bonchev–Trinajstić information content (AvgIpc) is 3.64. The highest BCUT2D eigenvalue weighted by Gasteiger charge is 2.43. The number of fused-ring (bicyclic) bond motifs is 10. The molecule has 4 bridgehead atoms. The van der Waals surface area contributed by atoms with E-state index in [2.05, 4.69) is 101 Å². The number of nitrogens with zero attached hydrogens (tertiary/aromatic N) is 3. The maximum Gasteiger partial charge on any atom is 0.0998 e. The van der Waals surface area contributed by atoms with Gasteiger partial charge in [-0.15, -0.1) is 0 Å². The summed E-state index contributed by atoms with van der Waals surface area (Å²) in [6.45, 7) is 14.0. The van der Waals surface area contributed by atoms with Crippen LogP contribution in [0, 0.1) is 33.5 Å². The predicted octanol–water partition coefficient (Wildman–Crippen LogP) is 12.9. The van der Waals surface area contributed by atoms with E-state index in [1.54, 1.807) is 0 Å². The fourth-order valence-electron chi connectivity index (χ4n) is 11.8. The Labute approximate surface area is 302 Å². The summed E-state index contributed by atoms with van der Waals surface area (Å²) in [6, 6.07) is 21.7. The van der Waals surface area contributed by atoms with Crippen molar-refractivity contribution in [1.29, 1.82) is 10.5 Å². The average molecular weight is 668 g/mol. The van der Waals surface area contributed by atoms with E-state index in [9.17, 15) is 10.5 Å². The topological polar surface area (TPSA) is 52.0 Å². The van der Waals surface area contributed by atoms with E-state index in [-0.39, 0.29) is 10.8 Å². The van der Waals surface area contributed by atoms with Crippen molar-refractivity contribution in [3.05, 3.63) is 87.0 Å². The van der Waals surface area contributed by atoms with Gasteiger partial charge in [0.15, 0.2) is 0 Å². The van der Waals surface area contributed by atoms with Crippen molar-refractivity contribution in [2.24, 2.45) is 10.8 Å². The lowest BCUT2D eigenvalue weighted by molar-refractivity contribution is 0.359. The van der Waals surface area contributed by atoms with Gasteiger partial charge in [0.05, 0.1) is 39.8 Å². The molecule has 0 amide bonds. The molecule has 256 valence electrons. The highest BCUT2D eigenvalue weighted by atomic mass is 14.9. The highest BCUT2D eigenvalue weighted by molar-refractivity contribution is 6.27. The molecule has 2 fully saturated rings. The first-order valence-corrected chi connectivity index (χ1v) is 19.8. The zero-order valence-electron chi connectivity index (χ0n) is 31.3. The minimum absolute atomic E-state index is 0.00228. The number of hydrogen-bond donors (Lipinski definition) is 0. The van der Waals surface area contributed by atoms with Gasteiger partial charge in [0.25, 0.3) is 0 Å². The maximum absolute atomic E-state index is 11.2. The fraction of sp³-hybridized carbons (Fsp3) is 0.458. The first kappa shape index (κ1) is 31.4. The second kappa shape index (κ2) is 10.6. The minimum atomic E-state index is -0.00228. The molecule has 3 heteroatoms. The van der Waals surface area contributed by atoms with Gasteiger partial charge in [0.2, 0.25) is 0 Å². The molecule has 4 aromatic carbocycles. The minimum Gasteiger partial charge on any atom is -0.307 e. The number of benzene rings is 4. The van der Waals surface area contributed by atoms with Gasteiger partial charge in [0, 0.05) is 21.5 Å². The number of nitriles is 2. The van der Waals surface area contributed by atoms with Crippen molar-refractivity contribution in [2.45, 2.75) is 129 Å². The lowest BCUT2D eigenvalue weighted by atomic mass is 9.63. The van der Waals surface area contributed by atoms with Crippen molar-refractivity contribution >= 4 is 38.1 Å². The van der Waals surface area contributed by atoms with Crippen molar-refractivity contribution < 1.29 is 0 Å². The van der Waals surface area contributed by atoms with E-state index in [0.29, 0.717) is 23.7 Å². The first-order chi connectivity index (χ1) is 24.5. The Morgan fingerprint density at radius 1 is 0.549 bits per heavy atom. The Hall–Kier alpha value is -4.34. The van der Waals surface area contributed by atoms with E-state index in [0.717, 1.165) is 24.0 Å². The van der Waals surface area contributed by atoms with Crippen LogP contribution in [0.2, 0.25) is 0 Å². The molecule has 2 saturated carbocycles. The predicted molar refractivity (Wildman–Crippen MR) is 210 cm³/mol. The molecule has 0 aliphatic heterocycles. The standard InChI is InChI=1S/C48H49N3/c1-47(2,3)22-34-36(24-49)38-27-12-16-29(17-13-27)40(38)42-32-20-31(26-10-8-7-9-11-26)21-33-43-41-30-18-14-28(15-19-30)39(41)37(25-50)35(23-48(4,5)6)46(43)51(44(32)33)45(34)42/h7-11,20-21,27-30H,12-19,22-23H2,1-6H3. The molecule has 0 unspecified atom stereocenters. The number of rotatable bonds is 3. The lowest BCUT2D eigenvalue weighted by Gasteiger charge is -2.41. The van der Waals surface area contributed by atoms with E-state index in [1.807, 2.05) is 0 Å². The molecule has 0 atom stereocenters. The second-order valence-corrected chi connectivity index (χ2v) is 19.2. The Bertz CT molecular complexity index is 2370. The van der Waals surface area contributed by atoms with Gasteiger partial charge in [-0.2, -0.15) is 10.5 Å². The Balaban J connectivity index is 1.53. The van der Waals surface area contributed by atoms with Gasteiger partial charge in [-0.3, -0.25) is 0 Å². The summed E-state index contributed by atoms with van der Waals surface area (Å²) in [5, 5.41) is 28.0. The number of aromatic nitrogens is 1. The summed E-state index contributed by atoms with van der Waals surface area (Å²) >= 11 is 0. The van der Waals surface area contributed by atoms with Crippen LogP contribution in [0.3, 0.4) is 0 Å². The molecule has 2 aromatic heterocycles. The van der Waals surface area contributed by atoms with Crippen molar-refractivity contribution in [1.82, 2.24) is 4.40 Å². The van der Waals surface area contributed by atoms with Crippen LogP contribution < -0.4 is 0 Å². The molecule has 0 saturated heterocycles. The molecular formula is C48H49N3. The summed E-state index contributed by atoms with van der Waals surface area (Å²) in [6.07, 6.45) is 11.4. The van der Waals surface area contributed by atoms with Gasteiger partial charge in [-0.05, 0) is 155 Å². The number of hydrogen-bond acceptors (Lipinski definition) is 2. The van der Waals surface area contributed by atoms with Crippen LogP contribution in [0.4, 0.5) is 0 Å². The quantitative estimate of drug-likeness (QED) is 0.189. The zero-order chi connectivity index (χ0) is 35.1. The molecule has 12 rings (SSSR count). The maximum atomic E-state index is 11.2. The first-order valence-electron chi connectivity index (χ1n) is 19.8. The fourth-order valence-corrected chi connectivity index (χ4v) is 11.8. The SMILES string of the molecule is CC(C)(C)Cc1c(C#N)c2c(c3c4cc(-c5ccccc5)cc5c6c7c(c(C#N)c(CC(C)(C)C)c6n(c13)c45)C1CCC7CC1)C1CCC2CC1. The van der Waals surface area contributed by atoms with Crippen LogP contribution >= 0.6 is 0 Å². The third kappa shape index (κ3) is 4.34. The Morgan fingerprint density at radius 2 is 0.941 bits per heavy atom. The molecule has 51 heavy (non-hydrogen) atoms. The van der Waals surface area contributed by atoms with Crippen LogP contribution in [0.15, 0.2) is 42.5 Å². The molecule has 6 aliphatic carbocycles. The highest BCUT2D eigenvalue weighted by Crippen LogP contribution is 2.60. The molecule has 0 spiro atoms. The van der Waals surface area contributed by atoms with Crippen LogP contribution in [0.25, 0.3) is 49.2 Å². The second-order valence-electron chi connectivity index (χ2n) is 19.2. The summed E-state index contributed by atoms with van der Waals surface area (Å²) in [5.41, 5.74) is 16.5. The molecule has 2 heterocycles. The molecule has 6 aromatic rings. The van der Waals surface area contributed by atoms with Gasteiger partial charge in [-0.1, -0.05) is 71.9 Å². The summed E-state index contributed by atoms with van der Waals surface area (Å²) < 4.78 is 2.65. The normalized spacial score (nSPS) is 22.6. The largest absolute Gasteiger partial charge is 0.307 e. The Kier molecular flexibility index (Phi) is 6.53. The van der Waals surface area contributed by atoms with E-state index in [4.69, 9.17) is 0 Å². The molecule has 6 aliphatic rings. The van der Waals surface area contributed by atoms with Crippen molar-refractivity contribution in [3.63, 3.8) is 0 Å². The Morgan fingerprint density at radius 3 is 1.31 bits per heavy atom. The zero-order valence-corrected chi connectivity index (χ0v) is 31.3. The van der Waals surface area contributed by atoms with Gasteiger partial charge >= 0.3 is 0 Å². The molecule has 0 N–H and O–H groups in total. The lowest BCUT2D eigenvalue weighted by Crippen LogP contribution is -2.25. The third-order valence-corrected chi connectivity index (χ3v) is 13.5. The van der Waals surface area contributed by atoms with Crippen molar-refractivity contribution in [2.75, 3.05) is 0 Å². The van der Waals surface area contributed by atoms with Gasteiger partial charge < -0.3 is 4.40 Å². The smallest absolute Gasteiger partial charge is 0.0998 e. The van der Waals surface area contributed by atoms with Crippen molar-refractivity contribution in [3.8, 4) is 23.3 Å². The van der Waals surface area contributed by atoms with Crippen LogP contribution in [-0.2, 0) is 12.8 Å². The van der Waals surface area contributed by atoms with E-state index in [1.165, 1.54) is 134 Å². The summed E-state index contributed by atoms with van der Waals surface area (Å²) in [7, 11) is 0. The van der Waals surface area contributed by atoms with Gasteiger partial charge in [0.1, 0.15) is 0 Å². The summed E-state index contributed by atoms with van der Waals surface area (Å²) in [4.78, 5) is 0. The molecular weight excluding hydrogens is 619 g/mol. The molecule has 3 nitrogen and oxygen atoms in total. The van der Waals surface area contributed by atoms with Crippen LogP contribution in [0.5, 0.6) is 0 Å². The van der Waals surface area contributed by atoms with Gasteiger partial charge in [-0.25, -0.2) is 0 Å². The monoisotopic (exact) mass is 667 g/mol. The van der Waals surface area contributed by atoms with Crippen LogP contribution in [0.1, 0.15) is 161 Å².